The number of rotatable bonds is 7. The fourth-order valence-electron chi connectivity index (χ4n) is 2.93. The zero-order valence-electron chi connectivity index (χ0n) is 17.2. The first kappa shape index (κ1) is 29.2. The predicted octanol–water partition coefficient (Wildman–Crippen LogP) is -1.96. The minimum Gasteiger partial charge on any atom is -0.744 e. The summed E-state index contributed by atoms with van der Waals surface area (Å²) in [5.74, 6) is 3.36. The second-order valence-corrected chi connectivity index (χ2v) is 8.98. The van der Waals surface area contributed by atoms with E-state index in [1.807, 2.05) is 0 Å². The number of benzene rings is 1. The van der Waals surface area contributed by atoms with Crippen LogP contribution in [-0.2, 0) is 19.7 Å². The number of aliphatic hydroxyl groups is 2. The summed E-state index contributed by atoms with van der Waals surface area (Å²) < 4.78 is 38.2. The van der Waals surface area contributed by atoms with Gasteiger partial charge in [-0.25, -0.2) is 8.42 Å². The molecule has 1 aliphatic heterocycles. The molecule has 32 heavy (non-hydrogen) atoms. The number of amides is 1. The van der Waals surface area contributed by atoms with Gasteiger partial charge in [0.1, 0.15) is 10.1 Å². The van der Waals surface area contributed by atoms with E-state index in [0.29, 0.717) is 13.0 Å². The van der Waals surface area contributed by atoms with Crippen molar-refractivity contribution in [1.82, 2.24) is 4.90 Å². The van der Waals surface area contributed by atoms with Crippen molar-refractivity contribution in [2.45, 2.75) is 24.2 Å². The van der Waals surface area contributed by atoms with Crippen LogP contribution in [0.15, 0.2) is 17.0 Å². The number of hydrogen-bond acceptors (Lipinski definition) is 8. The molecule has 1 heterocycles. The average molecular weight is 516 g/mol. The Morgan fingerprint density at radius 2 is 1.81 bits per heavy atom. The molecule has 2 atom stereocenters. The molecule has 2 rings (SSSR count). The molecule has 1 aromatic rings. The van der Waals surface area contributed by atoms with Crippen molar-refractivity contribution >= 4 is 45.2 Å². The van der Waals surface area contributed by atoms with Crippen molar-refractivity contribution in [3.05, 3.63) is 22.2 Å². The molecule has 0 bridgehead atoms. The maximum Gasteiger partial charge on any atom is 1.00 e. The van der Waals surface area contributed by atoms with E-state index < -0.39 is 32.8 Å². The van der Waals surface area contributed by atoms with Crippen molar-refractivity contribution in [3.8, 4) is 17.6 Å². The summed E-state index contributed by atoms with van der Waals surface area (Å²) >= 11 is 11.7. The maximum atomic E-state index is 12.5. The third-order valence-electron chi connectivity index (χ3n) is 4.62. The van der Waals surface area contributed by atoms with E-state index in [0.717, 1.165) is 12.1 Å². The van der Waals surface area contributed by atoms with Gasteiger partial charge in [-0.15, -0.1) is 5.92 Å². The second kappa shape index (κ2) is 13.1. The van der Waals surface area contributed by atoms with Crippen molar-refractivity contribution < 1.29 is 67.1 Å². The predicted molar refractivity (Wildman–Crippen MR) is 109 cm³/mol. The molecule has 0 saturated carbocycles. The molecule has 0 radical (unpaired) electrons. The molecule has 13 heteroatoms. The van der Waals surface area contributed by atoms with E-state index in [2.05, 4.69) is 11.8 Å². The molecule has 0 aromatic heterocycles. The first-order valence-electron chi connectivity index (χ1n) is 9.20. The smallest absolute Gasteiger partial charge is 0.744 e. The Hall–Kier alpha value is -0.870. The van der Waals surface area contributed by atoms with Gasteiger partial charge in [-0.2, -0.15) is 0 Å². The second-order valence-electron chi connectivity index (χ2n) is 6.79. The monoisotopic (exact) mass is 515 g/mol. The maximum absolute atomic E-state index is 12.5. The Bertz CT molecular complexity index is 985. The number of carbonyl (C=O) groups excluding carboxylic acids is 2. The molecule has 0 saturated heterocycles. The summed E-state index contributed by atoms with van der Waals surface area (Å²) in [5, 5.41) is 18.3. The van der Waals surface area contributed by atoms with Crippen LogP contribution >= 0.6 is 23.2 Å². The van der Waals surface area contributed by atoms with E-state index in [1.165, 1.54) is 4.90 Å². The SMILES string of the molecule is O=C(CCC(=O)N1CCC#CC(CO)C(CO)C1)Oc1c(Cl)cc(S(=O)(=O)[O-])cc1Cl.[Na+]. The molecule has 2 unspecified atom stereocenters. The Labute approximate surface area is 218 Å². The van der Waals surface area contributed by atoms with Gasteiger partial charge in [0, 0.05) is 38.5 Å². The zero-order valence-corrected chi connectivity index (χ0v) is 21.5. The molecule has 0 aliphatic carbocycles. The minimum atomic E-state index is -4.80. The molecular weight excluding hydrogens is 496 g/mol. The van der Waals surface area contributed by atoms with Crippen molar-refractivity contribution in [3.63, 3.8) is 0 Å². The summed E-state index contributed by atoms with van der Waals surface area (Å²) in [7, 11) is -4.80. The quantitative estimate of drug-likeness (QED) is 0.140. The third kappa shape index (κ3) is 8.17. The molecule has 0 fully saturated rings. The minimum absolute atomic E-state index is 0. The number of hydrogen-bond donors (Lipinski definition) is 2. The molecule has 0 spiro atoms. The van der Waals surface area contributed by atoms with Gasteiger partial charge < -0.3 is 24.4 Å². The van der Waals surface area contributed by atoms with Crippen molar-refractivity contribution in [2.75, 3.05) is 26.3 Å². The van der Waals surface area contributed by atoms with Gasteiger partial charge in [-0.1, -0.05) is 29.1 Å². The number of ether oxygens (including phenoxy) is 1. The summed E-state index contributed by atoms with van der Waals surface area (Å²) in [4.78, 5) is 25.5. The van der Waals surface area contributed by atoms with Crippen molar-refractivity contribution in [1.29, 1.82) is 0 Å². The van der Waals surface area contributed by atoms with E-state index in [-0.39, 0.29) is 83.9 Å². The number of esters is 1. The number of carbonyl (C=O) groups is 2. The normalized spacial score (nSPS) is 18.5. The van der Waals surface area contributed by atoms with E-state index in [9.17, 15) is 32.8 Å². The Morgan fingerprint density at radius 3 is 2.34 bits per heavy atom. The number of aliphatic hydroxyl groups excluding tert-OH is 2. The van der Waals surface area contributed by atoms with Crippen LogP contribution in [0.2, 0.25) is 10.0 Å². The van der Waals surface area contributed by atoms with Crippen LogP contribution in [0.25, 0.3) is 0 Å². The number of nitrogens with zero attached hydrogens (tertiary/aromatic N) is 1. The summed E-state index contributed by atoms with van der Waals surface area (Å²) in [6.45, 7) is 0.0176. The Balaban J connectivity index is 0.00000512. The fraction of sp³-hybridized carbons (Fsp3) is 0.474. The Kier molecular flexibility index (Phi) is 12.0. The summed E-state index contributed by atoms with van der Waals surface area (Å²) in [6, 6.07) is 1.63. The van der Waals surface area contributed by atoms with Gasteiger partial charge in [0.25, 0.3) is 0 Å². The van der Waals surface area contributed by atoms with Gasteiger partial charge in [0.15, 0.2) is 5.75 Å². The van der Waals surface area contributed by atoms with E-state index in [4.69, 9.17) is 27.9 Å². The Morgan fingerprint density at radius 1 is 1.19 bits per heavy atom. The summed E-state index contributed by atoms with van der Waals surface area (Å²) in [5.41, 5.74) is 0. The summed E-state index contributed by atoms with van der Waals surface area (Å²) in [6.07, 6.45) is -0.121. The van der Waals surface area contributed by atoms with Crippen LogP contribution in [0.4, 0.5) is 0 Å². The van der Waals surface area contributed by atoms with Crippen LogP contribution in [0.5, 0.6) is 5.75 Å². The third-order valence-corrected chi connectivity index (χ3v) is 6.00. The van der Waals surface area contributed by atoms with Gasteiger partial charge in [0.2, 0.25) is 5.91 Å². The van der Waals surface area contributed by atoms with Crippen LogP contribution in [0, 0.1) is 23.7 Å². The largest absolute Gasteiger partial charge is 1.00 e. The standard InChI is InChI=1S/C19H21Cl2NO8S.Na/c20-15-7-14(31(27,28)29)8-16(21)19(15)30-18(26)5-4-17(25)22-6-2-1-3-12(10-23)13(9-22)11-24;/h7-8,12-13,23-24H,2,4-6,9-11H2,(H,27,28,29);/q;+1/p-1. The number of halogens is 2. The fourth-order valence-corrected chi connectivity index (χ4v) is 4.15. The zero-order chi connectivity index (χ0) is 23.2. The van der Waals surface area contributed by atoms with Gasteiger partial charge in [-0.3, -0.25) is 9.59 Å². The first-order valence-corrected chi connectivity index (χ1v) is 11.4. The molecule has 2 N–H and O–H groups in total. The average Bonchev–Trinajstić information content (AvgIpc) is 2.68. The molecule has 1 aromatic carbocycles. The van der Waals surface area contributed by atoms with Gasteiger partial charge in [0.05, 0.1) is 33.9 Å². The van der Waals surface area contributed by atoms with Crippen molar-refractivity contribution in [2.24, 2.45) is 11.8 Å². The molecule has 170 valence electrons. The molecular formula is C19H20Cl2NNaO8S. The molecule has 9 nitrogen and oxygen atoms in total. The molecule has 1 amide bonds. The topological polar surface area (TPSA) is 144 Å². The van der Waals surface area contributed by atoms with Gasteiger partial charge in [-0.05, 0) is 12.1 Å². The van der Waals surface area contributed by atoms with Crippen LogP contribution in [0.3, 0.4) is 0 Å². The van der Waals surface area contributed by atoms with Crippen LogP contribution < -0.4 is 34.3 Å². The van der Waals surface area contributed by atoms with E-state index >= 15 is 0 Å². The van der Waals surface area contributed by atoms with Gasteiger partial charge >= 0.3 is 35.5 Å². The van der Waals surface area contributed by atoms with Crippen LogP contribution in [0.1, 0.15) is 19.3 Å². The molecule has 1 aliphatic rings. The van der Waals surface area contributed by atoms with Crippen LogP contribution in [-0.4, -0.2) is 66.3 Å². The first-order chi connectivity index (χ1) is 14.6. The van der Waals surface area contributed by atoms with E-state index in [1.54, 1.807) is 0 Å².